The lowest BCUT2D eigenvalue weighted by atomic mass is 9.87. The Morgan fingerprint density at radius 1 is 1.35 bits per heavy atom. The normalized spacial score (nSPS) is 24.6. The molecule has 0 unspecified atom stereocenters. The fourth-order valence-electron chi connectivity index (χ4n) is 2.49. The van der Waals surface area contributed by atoms with Gasteiger partial charge in [-0.15, -0.1) is 0 Å². The number of piperidine rings is 1. The van der Waals surface area contributed by atoms with Crippen molar-refractivity contribution >= 4 is 0 Å². The van der Waals surface area contributed by atoms with Crippen molar-refractivity contribution in [2.45, 2.75) is 25.3 Å². The van der Waals surface area contributed by atoms with Gasteiger partial charge in [0.15, 0.2) is 0 Å². The van der Waals surface area contributed by atoms with Crippen molar-refractivity contribution in [2.24, 2.45) is 5.92 Å². The van der Waals surface area contributed by atoms with E-state index in [1.807, 2.05) is 12.1 Å². The molecule has 0 amide bonds. The van der Waals surface area contributed by atoms with Crippen molar-refractivity contribution in [2.75, 3.05) is 20.3 Å². The summed E-state index contributed by atoms with van der Waals surface area (Å²) in [7, 11) is 1.68. The maximum Gasteiger partial charge on any atom is 0.118 e. The molecule has 0 bridgehead atoms. The SMILES string of the molecule is COc1ccc(C[C@H]2NCCC[C@@H]2CO)cc1. The molecule has 2 N–H and O–H groups in total. The second-order valence-corrected chi connectivity index (χ2v) is 4.70. The third-order valence-corrected chi connectivity index (χ3v) is 3.58. The van der Waals surface area contributed by atoms with E-state index in [1.54, 1.807) is 7.11 Å². The van der Waals surface area contributed by atoms with Gasteiger partial charge in [0.2, 0.25) is 0 Å². The number of ether oxygens (including phenoxy) is 1. The number of aliphatic hydroxyl groups is 1. The fourth-order valence-corrected chi connectivity index (χ4v) is 2.49. The Hall–Kier alpha value is -1.06. The molecule has 0 saturated carbocycles. The molecule has 1 saturated heterocycles. The summed E-state index contributed by atoms with van der Waals surface area (Å²) in [5.74, 6) is 1.29. The highest BCUT2D eigenvalue weighted by Gasteiger charge is 2.23. The summed E-state index contributed by atoms with van der Waals surface area (Å²) in [4.78, 5) is 0. The van der Waals surface area contributed by atoms with Crippen molar-refractivity contribution in [3.8, 4) is 5.75 Å². The van der Waals surface area contributed by atoms with Gasteiger partial charge in [-0.05, 0) is 49.4 Å². The van der Waals surface area contributed by atoms with Crippen molar-refractivity contribution in [1.82, 2.24) is 5.32 Å². The highest BCUT2D eigenvalue weighted by atomic mass is 16.5. The molecule has 1 fully saturated rings. The molecule has 3 heteroatoms. The van der Waals surface area contributed by atoms with Gasteiger partial charge in [0, 0.05) is 12.6 Å². The van der Waals surface area contributed by atoms with Gasteiger partial charge in [-0.1, -0.05) is 12.1 Å². The van der Waals surface area contributed by atoms with E-state index in [0.717, 1.165) is 25.1 Å². The van der Waals surface area contributed by atoms with Crippen molar-refractivity contribution in [3.05, 3.63) is 29.8 Å². The first kappa shape index (κ1) is 12.4. The van der Waals surface area contributed by atoms with E-state index < -0.39 is 0 Å². The molecule has 1 heterocycles. The van der Waals surface area contributed by atoms with Crippen LogP contribution in [0.4, 0.5) is 0 Å². The number of hydrogen-bond donors (Lipinski definition) is 2. The van der Waals surface area contributed by atoms with Gasteiger partial charge in [0.1, 0.15) is 5.75 Å². The van der Waals surface area contributed by atoms with Crippen LogP contribution in [0.25, 0.3) is 0 Å². The first-order valence-electron chi connectivity index (χ1n) is 6.30. The number of rotatable bonds is 4. The van der Waals surface area contributed by atoms with Gasteiger partial charge in [-0.25, -0.2) is 0 Å². The van der Waals surface area contributed by atoms with Gasteiger partial charge in [0.25, 0.3) is 0 Å². The minimum absolute atomic E-state index is 0.286. The second-order valence-electron chi connectivity index (χ2n) is 4.70. The predicted molar refractivity (Wildman–Crippen MR) is 68.3 cm³/mol. The van der Waals surface area contributed by atoms with Crippen LogP contribution in [0.3, 0.4) is 0 Å². The lowest BCUT2D eigenvalue weighted by Gasteiger charge is -2.31. The summed E-state index contributed by atoms with van der Waals surface area (Å²) in [6.07, 6.45) is 3.28. The zero-order valence-corrected chi connectivity index (χ0v) is 10.4. The molecule has 3 nitrogen and oxygen atoms in total. The van der Waals surface area contributed by atoms with E-state index in [2.05, 4.69) is 17.4 Å². The van der Waals surface area contributed by atoms with Crippen molar-refractivity contribution in [3.63, 3.8) is 0 Å². The number of methoxy groups -OCH3 is 1. The second kappa shape index (κ2) is 6.03. The van der Waals surface area contributed by atoms with E-state index in [9.17, 15) is 5.11 Å². The van der Waals surface area contributed by atoms with Gasteiger partial charge < -0.3 is 15.2 Å². The molecule has 0 aromatic heterocycles. The standard InChI is InChI=1S/C14H21NO2/c1-17-13-6-4-11(5-7-13)9-14-12(10-16)3-2-8-15-14/h4-7,12,14-16H,2-3,8-10H2,1H3/t12-,14-/m1/s1. The Balaban J connectivity index is 1.98. The van der Waals surface area contributed by atoms with E-state index in [4.69, 9.17) is 4.74 Å². The molecular formula is C14H21NO2. The average molecular weight is 235 g/mol. The molecular weight excluding hydrogens is 214 g/mol. The monoisotopic (exact) mass is 235 g/mol. The zero-order chi connectivity index (χ0) is 12.1. The van der Waals surface area contributed by atoms with Crippen LogP contribution in [0.1, 0.15) is 18.4 Å². The number of nitrogens with one attached hydrogen (secondary N) is 1. The highest BCUT2D eigenvalue weighted by molar-refractivity contribution is 5.27. The van der Waals surface area contributed by atoms with Crippen LogP contribution in [-0.4, -0.2) is 31.4 Å². The van der Waals surface area contributed by atoms with Crippen LogP contribution in [0.2, 0.25) is 0 Å². The van der Waals surface area contributed by atoms with Crippen LogP contribution >= 0.6 is 0 Å². The molecule has 1 aliphatic rings. The molecule has 0 aliphatic carbocycles. The van der Waals surface area contributed by atoms with Crippen LogP contribution in [0, 0.1) is 5.92 Å². The third-order valence-electron chi connectivity index (χ3n) is 3.58. The molecule has 0 radical (unpaired) electrons. The van der Waals surface area contributed by atoms with Gasteiger partial charge in [-0.2, -0.15) is 0 Å². The minimum Gasteiger partial charge on any atom is -0.497 e. The maximum atomic E-state index is 9.36. The van der Waals surface area contributed by atoms with E-state index in [1.165, 1.54) is 12.0 Å². The summed E-state index contributed by atoms with van der Waals surface area (Å²) in [5.41, 5.74) is 1.30. The smallest absolute Gasteiger partial charge is 0.118 e. The van der Waals surface area contributed by atoms with Gasteiger partial charge in [0.05, 0.1) is 7.11 Å². The lowest BCUT2D eigenvalue weighted by Crippen LogP contribution is -2.44. The third kappa shape index (κ3) is 3.20. The van der Waals surface area contributed by atoms with E-state index in [-0.39, 0.29) is 6.61 Å². The number of hydrogen-bond acceptors (Lipinski definition) is 3. The molecule has 1 aromatic carbocycles. The van der Waals surface area contributed by atoms with E-state index >= 15 is 0 Å². The quantitative estimate of drug-likeness (QED) is 0.833. The molecule has 2 rings (SSSR count). The van der Waals surface area contributed by atoms with Crippen LogP contribution in [0.5, 0.6) is 5.75 Å². The summed E-state index contributed by atoms with van der Waals surface area (Å²) in [6, 6.07) is 8.59. The van der Waals surface area contributed by atoms with Crippen LogP contribution < -0.4 is 10.1 Å². The molecule has 0 spiro atoms. The highest BCUT2D eigenvalue weighted by Crippen LogP contribution is 2.20. The fraction of sp³-hybridized carbons (Fsp3) is 0.571. The summed E-state index contributed by atoms with van der Waals surface area (Å²) in [5, 5.41) is 12.9. The Morgan fingerprint density at radius 2 is 2.12 bits per heavy atom. The first-order valence-corrected chi connectivity index (χ1v) is 6.30. The Kier molecular flexibility index (Phi) is 4.40. The minimum atomic E-state index is 0.286. The molecule has 1 aromatic rings. The largest absolute Gasteiger partial charge is 0.497 e. The van der Waals surface area contributed by atoms with Crippen molar-refractivity contribution < 1.29 is 9.84 Å². The molecule has 1 aliphatic heterocycles. The van der Waals surface area contributed by atoms with E-state index in [0.29, 0.717) is 12.0 Å². The summed E-state index contributed by atoms with van der Waals surface area (Å²) < 4.78 is 5.15. The first-order chi connectivity index (χ1) is 8.33. The van der Waals surface area contributed by atoms with Crippen molar-refractivity contribution in [1.29, 1.82) is 0 Å². The predicted octanol–water partition coefficient (Wildman–Crippen LogP) is 1.60. The summed E-state index contributed by atoms with van der Waals surface area (Å²) in [6.45, 7) is 1.35. The Bertz CT molecular complexity index is 337. The molecule has 2 atom stereocenters. The summed E-state index contributed by atoms with van der Waals surface area (Å²) >= 11 is 0. The number of benzene rings is 1. The molecule has 94 valence electrons. The Morgan fingerprint density at radius 3 is 2.76 bits per heavy atom. The number of aliphatic hydroxyl groups excluding tert-OH is 1. The van der Waals surface area contributed by atoms with Crippen LogP contribution in [-0.2, 0) is 6.42 Å². The average Bonchev–Trinajstić information content (AvgIpc) is 2.40. The Labute approximate surface area is 103 Å². The van der Waals surface area contributed by atoms with Crippen LogP contribution in [0.15, 0.2) is 24.3 Å². The topological polar surface area (TPSA) is 41.5 Å². The lowest BCUT2D eigenvalue weighted by molar-refractivity contribution is 0.159. The van der Waals surface area contributed by atoms with Gasteiger partial charge in [-0.3, -0.25) is 0 Å². The maximum absolute atomic E-state index is 9.36. The van der Waals surface area contributed by atoms with Gasteiger partial charge >= 0.3 is 0 Å². The molecule has 17 heavy (non-hydrogen) atoms. The zero-order valence-electron chi connectivity index (χ0n) is 10.4.